The van der Waals surface area contributed by atoms with Gasteiger partial charge in [-0.05, 0) is 47.7 Å². The van der Waals surface area contributed by atoms with Gasteiger partial charge in [0.15, 0.2) is 0 Å². The van der Waals surface area contributed by atoms with Crippen LogP contribution in [0, 0.1) is 5.82 Å². The van der Waals surface area contributed by atoms with Crippen molar-refractivity contribution in [2.75, 3.05) is 7.11 Å². The van der Waals surface area contributed by atoms with Gasteiger partial charge in [-0.1, -0.05) is 32.0 Å². The Balaban J connectivity index is 2.14. The molecule has 4 nitrogen and oxygen atoms in total. The molecular formula is C24H24F4N2O2. The molecule has 0 radical (unpaired) electrons. The van der Waals surface area contributed by atoms with Crippen molar-refractivity contribution in [3.05, 3.63) is 71.7 Å². The molecule has 0 spiro atoms. The molecule has 1 amide bonds. The standard InChI is InChI=1S/C24H24F4N2O2/c1-22(2,19-12-17(25)8-9-21(19)32-3)14-23(30-15-31,24(26,27)28)13-16-10-11-29-20-7-5-4-6-18(16)20/h4-12,15H,13-14H2,1-3H3,(H,30,31). The second kappa shape index (κ2) is 8.76. The quantitative estimate of drug-likeness (QED) is 0.374. The topological polar surface area (TPSA) is 51.2 Å². The molecule has 1 N–H and O–H groups in total. The van der Waals surface area contributed by atoms with E-state index >= 15 is 0 Å². The number of hydrogen-bond acceptors (Lipinski definition) is 3. The van der Waals surface area contributed by atoms with Gasteiger partial charge in [-0.15, -0.1) is 0 Å². The molecule has 1 heterocycles. The summed E-state index contributed by atoms with van der Waals surface area (Å²) in [5, 5.41) is 2.63. The normalized spacial score (nSPS) is 14.1. The SMILES string of the molecule is COc1ccc(F)cc1C(C)(C)CC(Cc1ccnc2ccccc12)(NC=O)C(F)(F)F. The largest absolute Gasteiger partial charge is 0.496 e. The van der Waals surface area contributed by atoms with Crippen LogP contribution in [0.2, 0.25) is 0 Å². The van der Waals surface area contributed by atoms with E-state index in [9.17, 15) is 22.4 Å². The van der Waals surface area contributed by atoms with E-state index in [-0.39, 0.29) is 17.7 Å². The van der Waals surface area contributed by atoms with E-state index < -0.39 is 35.8 Å². The number of halogens is 4. The van der Waals surface area contributed by atoms with Gasteiger partial charge in [0.05, 0.1) is 12.6 Å². The smallest absolute Gasteiger partial charge is 0.411 e. The number of ether oxygens (including phenoxy) is 1. The van der Waals surface area contributed by atoms with E-state index in [0.717, 1.165) is 0 Å². The molecule has 32 heavy (non-hydrogen) atoms. The van der Waals surface area contributed by atoms with Gasteiger partial charge in [-0.25, -0.2) is 4.39 Å². The number of methoxy groups -OCH3 is 1. The lowest BCUT2D eigenvalue weighted by atomic mass is 9.71. The van der Waals surface area contributed by atoms with Crippen LogP contribution >= 0.6 is 0 Å². The first-order valence-electron chi connectivity index (χ1n) is 9.98. The Morgan fingerprint density at radius 3 is 2.47 bits per heavy atom. The summed E-state index contributed by atoms with van der Waals surface area (Å²) in [6.07, 6.45) is -4.34. The number of carbonyl (C=O) groups is 1. The van der Waals surface area contributed by atoms with Crippen LogP contribution in [-0.4, -0.2) is 30.2 Å². The maximum Gasteiger partial charge on any atom is 0.411 e. The van der Waals surface area contributed by atoms with Gasteiger partial charge in [-0.3, -0.25) is 9.78 Å². The first-order chi connectivity index (χ1) is 15.0. The Morgan fingerprint density at radius 2 is 1.81 bits per heavy atom. The summed E-state index contributed by atoms with van der Waals surface area (Å²) in [7, 11) is 1.37. The number of para-hydroxylation sites is 1. The van der Waals surface area contributed by atoms with E-state index in [0.29, 0.717) is 16.5 Å². The Morgan fingerprint density at radius 1 is 1.09 bits per heavy atom. The van der Waals surface area contributed by atoms with Crippen LogP contribution in [-0.2, 0) is 16.6 Å². The number of alkyl halides is 3. The molecule has 1 atom stereocenters. The lowest BCUT2D eigenvalue weighted by Gasteiger charge is -2.42. The Labute approximate surface area is 183 Å². The van der Waals surface area contributed by atoms with Gasteiger partial charge in [0.25, 0.3) is 0 Å². The van der Waals surface area contributed by atoms with Gasteiger partial charge in [0.1, 0.15) is 17.1 Å². The summed E-state index contributed by atoms with van der Waals surface area (Å²) in [6.45, 7) is 3.14. The third kappa shape index (κ3) is 4.54. The van der Waals surface area contributed by atoms with Crippen LogP contribution in [0.5, 0.6) is 5.75 Å². The van der Waals surface area contributed by atoms with E-state index in [2.05, 4.69) is 10.3 Å². The van der Waals surface area contributed by atoms with Crippen molar-refractivity contribution in [3.63, 3.8) is 0 Å². The first kappa shape index (κ1) is 23.5. The van der Waals surface area contributed by atoms with Gasteiger partial charge < -0.3 is 10.1 Å². The molecule has 0 fully saturated rings. The minimum atomic E-state index is -4.80. The molecule has 1 aromatic heterocycles. The van der Waals surface area contributed by atoms with Crippen molar-refractivity contribution < 1.29 is 27.1 Å². The summed E-state index contributed by atoms with van der Waals surface area (Å²) < 4.78 is 63.1. The Hall–Kier alpha value is -3.16. The van der Waals surface area contributed by atoms with Crippen LogP contribution in [0.3, 0.4) is 0 Å². The van der Waals surface area contributed by atoms with E-state index in [1.165, 1.54) is 37.6 Å². The molecule has 0 saturated carbocycles. The zero-order chi connectivity index (χ0) is 23.6. The molecule has 8 heteroatoms. The fraction of sp³-hybridized carbons (Fsp3) is 0.333. The number of hydrogen-bond donors (Lipinski definition) is 1. The highest BCUT2D eigenvalue weighted by Gasteiger charge is 2.57. The van der Waals surface area contributed by atoms with Crippen LogP contribution in [0.25, 0.3) is 10.9 Å². The van der Waals surface area contributed by atoms with Crippen molar-refractivity contribution >= 4 is 17.3 Å². The number of aromatic nitrogens is 1. The number of fused-ring (bicyclic) bond motifs is 1. The number of rotatable bonds is 8. The zero-order valence-electron chi connectivity index (χ0n) is 18.0. The minimum absolute atomic E-state index is 0.0652. The van der Waals surface area contributed by atoms with Crippen LogP contribution in [0.15, 0.2) is 54.7 Å². The molecule has 0 aliphatic carbocycles. The molecule has 0 saturated heterocycles. The fourth-order valence-corrected chi connectivity index (χ4v) is 4.25. The van der Waals surface area contributed by atoms with Crippen molar-refractivity contribution in [1.29, 1.82) is 0 Å². The van der Waals surface area contributed by atoms with E-state index in [1.807, 2.05) is 0 Å². The third-order valence-electron chi connectivity index (χ3n) is 5.74. The molecule has 0 aliphatic rings. The zero-order valence-corrected chi connectivity index (χ0v) is 18.0. The first-order valence-corrected chi connectivity index (χ1v) is 9.98. The minimum Gasteiger partial charge on any atom is -0.496 e. The van der Waals surface area contributed by atoms with Crippen molar-refractivity contribution in [2.45, 2.75) is 43.8 Å². The maximum atomic E-state index is 14.6. The van der Waals surface area contributed by atoms with Crippen molar-refractivity contribution in [2.24, 2.45) is 0 Å². The maximum absolute atomic E-state index is 14.6. The third-order valence-corrected chi connectivity index (χ3v) is 5.74. The van der Waals surface area contributed by atoms with E-state index in [1.54, 1.807) is 38.1 Å². The fourth-order valence-electron chi connectivity index (χ4n) is 4.25. The van der Waals surface area contributed by atoms with Crippen molar-refractivity contribution in [3.8, 4) is 5.75 Å². The number of amides is 1. The predicted molar refractivity (Wildman–Crippen MR) is 114 cm³/mol. The average Bonchev–Trinajstić information content (AvgIpc) is 2.73. The highest BCUT2D eigenvalue weighted by molar-refractivity contribution is 5.82. The summed E-state index contributed by atoms with van der Waals surface area (Å²) in [5.74, 6) is -0.317. The second-order valence-electron chi connectivity index (χ2n) is 8.41. The molecule has 0 aliphatic heterocycles. The number of pyridine rings is 1. The Kier molecular flexibility index (Phi) is 6.44. The number of carbonyl (C=O) groups excluding carboxylic acids is 1. The highest BCUT2D eigenvalue weighted by Crippen LogP contribution is 2.45. The van der Waals surface area contributed by atoms with Crippen LogP contribution in [0.1, 0.15) is 31.4 Å². The van der Waals surface area contributed by atoms with Crippen molar-refractivity contribution in [1.82, 2.24) is 10.3 Å². The van der Waals surface area contributed by atoms with Gasteiger partial charge >= 0.3 is 6.18 Å². The number of nitrogens with zero attached hydrogens (tertiary/aromatic N) is 1. The lowest BCUT2D eigenvalue weighted by Crippen LogP contribution is -2.60. The molecule has 1 unspecified atom stereocenters. The summed E-state index contributed by atoms with van der Waals surface area (Å²) in [5.41, 5.74) is -2.59. The van der Waals surface area contributed by atoms with E-state index in [4.69, 9.17) is 4.74 Å². The summed E-state index contributed by atoms with van der Waals surface area (Å²) >= 11 is 0. The molecule has 0 bridgehead atoms. The Bertz CT molecular complexity index is 1110. The summed E-state index contributed by atoms with van der Waals surface area (Å²) in [6, 6.07) is 12.1. The summed E-state index contributed by atoms with van der Waals surface area (Å²) in [4.78, 5) is 15.6. The number of benzene rings is 2. The van der Waals surface area contributed by atoms with Gasteiger partial charge in [0.2, 0.25) is 6.41 Å². The molecular weight excluding hydrogens is 424 g/mol. The molecule has 2 aromatic carbocycles. The predicted octanol–water partition coefficient (Wildman–Crippen LogP) is 5.34. The lowest BCUT2D eigenvalue weighted by molar-refractivity contribution is -0.202. The molecule has 3 rings (SSSR count). The molecule has 170 valence electrons. The van der Waals surface area contributed by atoms with Gasteiger partial charge in [0, 0.05) is 23.6 Å². The second-order valence-corrected chi connectivity index (χ2v) is 8.41. The highest BCUT2D eigenvalue weighted by atomic mass is 19.4. The van der Waals surface area contributed by atoms with Gasteiger partial charge in [-0.2, -0.15) is 13.2 Å². The van der Waals surface area contributed by atoms with Crippen LogP contribution in [0.4, 0.5) is 17.6 Å². The monoisotopic (exact) mass is 448 g/mol. The number of nitrogens with one attached hydrogen (secondary N) is 1. The van der Waals surface area contributed by atoms with Crippen LogP contribution < -0.4 is 10.1 Å². The molecule has 3 aromatic rings. The average molecular weight is 448 g/mol.